The topological polar surface area (TPSA) is 90.7 Å². The third-order valence-electron chi connectivity index (χ3n) is 4.30. The number of para-hydroxylation sites is 1. The highest BCUT2D eigenvalue weighted by Crippen LogP contribution is 2.25. The van der Waals surface area contributed by atoms with E-state index in [1.165, 1.54) is 17.3 Å². The summed E-state index contributed by atoms with van der Waals surface area (Å²) in [6, 6.07) is 18.0. The quantitative estimate of drug-likeness (QED) is 0.503. The Morgan fingerprint density at radius 2 is 1.78 bits per heavy atom. The van der Waals surface area contributed by atoms with E-state index in [1.54, 1.807) is 0 Å². The zero-order valence-electron chi connectivity index (χ0n) is 14.9. The molecule has 27 heavy (non-hydrogen) atoms. The van der Waals surface area contributed by atoms with Gasteiger partial charge < -0.3 is 10.2 Å². The number of nitrogens with two attached hydrogens (primary N) is 1. The van der Waals surface area contributed by atoms with Gasteiger partial charge in [-0.05, 0) is 23.6 Å². The minimum atomic E-state index is 0.313. The number of thioether (sulfide) groups is 1. The summed E-state index contributed by atoms with van der Waals surface area (Å²) in [5.74, 6) is 2.60. The van der Waals surface area contributed by atoms with E-state index in [4.69, 9.17) is 10.2 Å². The Hall–Kier alpha value is -2.93. The lowest BCUT2D eigenvalue weighted by molar-refractivity contribution is 0.404. The molecule has 7 heteroatoms. The zero-order valence-corrected chi connectivity index (χ0v) is 15.7. The van der Waals surface area contributed by atoms with Crippen LogP contribution in [-0.2, 0) is 12.2 Å². The molecule has 2 N–H and O–H groups in total. The van der Waals surface area contributed by atoms with E-state index in [0.717, 1.165) is 10.9 Å². The number of fused-ring (bicyclic) bond motifs is 1. The molecular weight excluding hydrogens is 358 g/mol. The Labute approximate surface area is 161 Å². The summed E-state index contributed by atoms with van der Waals surface area (Å²) in [5, 5.41) is 9.66. The first-order chi connectivity index (χ1) is 13.2. The van der Waals surface area contributed by atoms with Crippen LogP contribution >= 0.6 is 11.8 Å². The summed E-state index contributed by atoms with van der Waals surface area (Å²) < 4.78 is 5.77. The monoisotopic (exact) mass is 377 g/mol. The molecule has 0 saturated carbocycles. The Morgan fingerprint density at radius 1 is 1.00 bits per heavy atom. The smallest absolute Gasteiger partial charge is 0.277 e. The van der Waals surface area contributed by atoms with E-state index in [-0.39, 0.29) is 0 Å². The summed E-state index contributed by atoms with van der Waals surface area (Å²) in [4.78, 5) is 8.91. The lowest BCUT2D eigenvalue weighted by Gasteiger charge is -2.08. The van der Waals surface area contributed by atoms with Crippen LogP contribution in [-0.4, -0.2) is 20.2 Å². The first-order valence-corrected chi connectivity index (χ1v) is 9.69. The number of aromatic nitrogens is 4. The second-order valence-corrected chi connectivity index (χ2v) is 7.24. The molecule has 0 aliphatic carbocycles. The van der Waals surface area contributed by atoms with Crippen molar-refractivity contribution >= 4 is 28.5 Å². The lowest BCUT2D eigenvalue weighted by atomic mass is 9.98. The highest BCUT2D eigenvalue weighted by Gasteiger charge is 2.13. The Morgan fingerprint density at radius 3 is 2.63 bits per heavy atom. The number of nitrogen functional groups attached to an aromatic ring is 1. The number of benzene rings is 2. The Kier molecular flexibility index (Phi) is 5.02. The lowest BCUT2D eigenvalue weighted by Crippen LogP contribution is -1.99. The van der Waals surface area contributed by atoms with Crippen molar-refractivity contribution in [2.24, 2.45) is 0 Å². The minimum Gasteiger partial charge on any atom is -0.416 e. The maximum atomic E-state index is 6.03. The third kappa shape index (κ3) is 4.09. The molecule has 1 unspecified atom stereocenters. The van der Waals surface area contributed by atoms with Gasteiger partial charge in [0.05, 0.1) is 11.3 Å². The van der Waals surface area contributed by atoms with E-state index in [2.05, 4.69) is 39.2 Å². The molecule has 0 saturated heterocycles. The van der Waals surface area contributed by atoms with E-state index in [0.29, 0.717) is 40.8 Å². The third-order valence-corrected chi connectivity index (χ3v) is 5.12. The first kappa shape index (κ1) is 17.5. The number of rotatable bonds is 6. The molecule has 0 fully saturated rings. The highest BCUT2D eigenvalue weighted by molar-refractivity contribution is 7.98. The second-order valence-electron chi connectivity index (χ2n) is 6.31. The predicted octanol–water partition coefficient (Wildman–Crippen LogP) is 4.23. The largest absolute Gasteiger partial charge is 0.416 e. The molecular formula is C20H19N5OS. The van der Waals surface area contributed by atoms with Gasteiger partial charge in [-0.3, -0.25) is 0 Å². The van der Waals surface area contributed by atoms with Gasteiger partial charge >= 0.3 is 0 Å². The molecule has 0 amide bonds. The standard InChI is InChI=1S/C20H19N5OS/c1-13(14-7-3-2-4-8-14)11-18-24-25-20(26-18)27-12-17-22-16-10-6-5-9-15(16)19(21)23-17/h2-10,13H,11-12H2,1H3,(H2,21,22,23). The van der Waals surface area contributed by atoms with E-state index in [9.17, 15) is 0 Å². The van der Waals surface area contributed by atoms with Crippen molar-refractivity contribution in [2.45, 2.75) is 30.2 Å². The Balaban J connectivity index is 1.41. The molecule has 0 spiro atoms. The molecule has 1 atom stereocenters. The molecule has 0 aliphatic heterocycles. The van der Waals surface area contributed by atoms with Crippen molar-refractivity contribution in [1.29, 1.82) is 0 Å². The van der Waals surface area contributed by atoms with Gasteiger partial charge in [0.25, 0.3) is 5.22 Å². The van der Waals surface area contributed by atoms with Gasteiger partial charge in [0.2, 0.25) is 5.89 Å². The summed E-state index contributed by atoms with van der Waals surface area (Å²) in [7, 11) is 0. The molecule has 0 radical (unpaired) electrons. The van der Waals surface area contributed by atoms with Crippen LogP contribution < -0.4 is 5.73 Å². The van der Waals surface area contributed by atoms with Crippen molar-refractivity contribution in [3.63, 3.8) is 0 Å². The number of hydrogen-bond donors (Lipinski definition) is 1. The molecule has 2 aromatic heterocycles. The van der Waals surface area contributed by atoms with Gasteiger partial charge in [-0.2, -0.15) is 0 Å². The molecule has 2 heterocycles. The maximum absolute atomic E-state index is 6.03. The van der Waals surface area contributed by atoms with Crippen LogP contribution in [0.1, 0.15) is 30.1 Å². The van der Waals surface area contributed by atoms with Crippen molar-refractivity contribution in [1.82, 2.24) is 20.2 Å². The first-order valence-electron chi connectivity index (χ1n) is 8.70. The van der Waals surface area contributed by atoms with E-state index < -0.39 is 0 Å². The fourth-order valence-electron chi connectivity index (χ4n) is 2.88. The van der Waals surface area contributed by atoms with Gasteiger partial charge in [0.15, 0.2) is 0 Å². The molecule has 0 bridgehead atoms. The molecule has 4 aromatic rings. The van der Waals surface area contributed by atoms with Gasteiger partial charge in [0.1, 0.15) is 11.6 Å². The van der Waals surface area contributed by atoms with Crippen molar-refractivity contribution in [3.8, 4) is 0 Å². The van der Waals surface area contributed by atoms with Gasteiger partial charge in [-0.15, -0.1) is 10.2 Å². The summed E-state index contributed by atoms with van der Waals surface area (Å²) in [6.07, 6.45) is 0.705. The van der Waals surface area contributed by atoms with Crippen molar-refractivity contribution in [2.75, 3.05) is 5.73 Å². The van der Waals surface area contributed by atoms with Crippen LogP contribution in [0.2, 0.25) is 0 Å². The van der Waals surface area contributed by atoms with Crippen LogP contribution in [0, 0.1) is 0 Å². The average molecular weight is 377 g/mol. The minimum absolute atomic E-state index is 0.313. The maximum Gasteiger partial charge on any atom is 0.277 e. The van der Waals surface area contributed by atoms with Crippen LogP contribution in [0.3, 0.4) is 0 Å². The fourth-order valence-corrected chi connectivity index (χ4v) is 3.52. The van der Waals surface area contributed by atoms with Crippen LogP contribution in [0.4, 0.5) is 5.82 Å². The normalized spacial score (nSPS) is 12.3. The Bertz CT molecular complexity index is 1050. The van der Waals surface area contributed by atoms with Gasteiger partial charge in [-0.1, -0.05) is 61.2 Å². The molecule has 2 aromatic carbocycles. The highest BCUT2D eigenvalue weighted by atomic mass is 32.2. The second kappa shape index (κ2) is 7.75. The number of anilines is 1. The van der Waals surface area contributed by atoms with Crippen LogP contribution in [0.25, 0.3) is 10.9 Å². The van der Waals surface area contributed by atoms with Crippen LogP contribution in [0.15, 0.2) is 64.2 Å². The molecule has 136 valence electrons. The summed E-state index contributed by atoms with van der Waals surface area (Å²) >= 11 is 1.41. The number of nitrogens with zero attached hydrogens (tertiary/aromatic N) is 4. The van der Waals surface area contributed by atoms with Crippen molar-refractivity contribution < 1.29 is 4.42 Å². The molecule has 0 aliphatic rings. The van der Waals surface area contributed by atoms with Gasteiger partial charge in [0, 0.05) is 11.8 Å². The summed E-state index contributed by atoms with van der Waals surface area (Å²) in [5.41, 5.74) is 8.12. The number of hydrogen-bond acceptors (Lipinski definition) is 7. The predicted molar refractivity (Wildman–Crippen MR) is 106 cm³/mol. The van der Waals surface area contributed by atoms with E-state index in [1.807, 2.05) is 42.5 Å². The fraction of sp³-hybridized carbons (Fsp3) is 0.200. The zero-order chi connectivity index (χ0) is 18.6. The van der Waals surface area contributed by atoms with Crippen LogP contribution in [0.5, 0.6) is 0 Å². The molecule has 6 nitrogen and oxygen atoms in total. The average Bonchev–Trinajstić information content (AvgIpc) is 3.14. The van der Waals surface area contributed by atoms with Crippen molar-refractivity contribution in [3.05, 3.63) is 71.9 Å². The van der Waals surface area contributed by atoms with E-state index >= 15 is 0 Å². The van der Waals surface area contributed by atoms with Gasteiger partial charge in [-0.25, -0.2) is 9.97 Å². The SMILES string of the molecule is CC(Cc1nnc(SCc2nc(N)c3ccccc3n2)o1)c1ccccc1. The summed E-state index contributed by atoms with van der Waals surface area (Å²) in [6.45, 7) is 2.15. The molecule has 4 rings (SSSR count).